The molecular formula is C16H25N3O. The predicted octanol–water partition coefficient (Wildman–Crippen LogP) is 3.16. The van der Waals surface area contributed by atoms with E-state index in [-0.39, 0.29) is 5.91 Å². The lowest BCUT2D eigenvalue weighted by atomic mass is 9.75. The molecule has 0 saturated heterocycles. The van der Waals surface area contributed by atoms with Gasteiger partial charge >= 0.3 is 0 Å². The molecule has 0 radical (unpaired) electrons. The van der Waals surface area contributed by atoms with Crippen molar-refractivity contribution in [2.45, 2.75) is 45.6 Å². The second kappa shape index (κ2) is 5.81. The van der Waals surface area contributed by atoms with E-state index in [0.29, 0.717) is 17.2 Å². The third-order valence-electron chi connectivity index (χ3n) is 4.40. The molecule has 110 valence electrons. The lowest BCUT2D eigenvalue weighted by Gasteiger charge is -2.38. The first kappa shape index (κ1) is 14.8. The minimum absolute atomic E-state index is 0.0202. The highest BCUT2D eigenvalue weighted by Gasteiger charge is 2.31. The summed E-state index contributed by atoms with van der Waals surface area (Å²) in [7, 11) is 3.71. The molecule has 1 aliphatic carbocycles. The first-order valence-corrected chi connectivity index (χ1v) is 7.35. The molecule has 1 amide bonds. The maximum absolute atomic E-state index is 12.5. The molecule has 4 heteroatoms. The Morgan fingerprint density at radius 1 is 1.35 bits per heavy atom. The summed E-state index contributed by atoms with van der Waals surface area (Å²) >= 11 is 0. The Kier molecular flexibility index (Phi) is 4.31. The van der Waals surface area contributed by atoms with Crippen molar-refractivity contribution in [3.05, 3.63) is 23.9 Å². The van der Waals surface area contributed by atoms with E-state index in [1.807, 2.05) is 31.1 Å². The molecule has 0 bridgehead atoms. The van der Waals surface area contributed by atoms with Crippen LogP contribution in [-0.4, -0.2) is 35.9 Å². The first-order chi connectivity index (χ1) is 9.43. The molecule has 0 aliphatic heterocycles. The van der Waals surface area contributed by atoms with Gasteiger partial charge in [-0.1, -0.05) is 19.9 Å². The Hall–Kier alpha value is -1.58. The molecular weight excluding hydrogens is 250 g/mol. The molecule has 20 heavy (non-hydrogen) atoms. The SMILES string of the molecule is CNc1cccc(C(=O)N(C)C2CCC(C)(C)CC2)n1. The summed E-state index contributed by atoms with van der Waals surface area (Å²) in [5.74, 6) is 0.751. The van der Waals surface area contributed by atoms with Crippen LogP contribution < -0.4 is 5.32 Å². The number of hydrogen-bond acceptors (Lipinski definition) is 3. The molecule has 1 fully saturated rings. The zero-order valence-electron chi connectivity index (χ0n) is 12.9. The van der Waals surface area contributed by atoms with Crippen molar-refractivity contribution in [2.24, 2.45) is 5.41 Å². The van der Waals surface area contributed by atoms with Crippen LogP contribution >= 0.6 is 0 Å². The second-order valence-corrected chi connectivity index (χ2v) is 6.47. The van der Waals surface area contributed by atoms with Gasteiger partial charge in [0.25, 0.3) is 5.91 Å². The van der Waals surface area contributed by atoms with Gasteiger partial charge in [0.05, 0.1) is 0 Å². The fraction of sp³-hybridized carbons (Fsp3) is 0.625. The fourth-order valence-corrected chi connectivity index (χ4v) is 2.81. The van der Waals surface area contributed by atoms with Gasteiger partial charge in [-0.3, -0.25) is 4.79 Å². The molecule has 1 aliphatic rings. The lowest BCUT2D eigenvalue weighted by Crippen LogP contribution is -2.41. The van der Waals surface area contributed by atoms with Gasteiger partial charge in [-0.25, -0.2) is 4.98 Å². The zero-order valence-corrected chi connectivity index (χ0v) is 12.9. The normalized spacial score (nSPS) is 18.6. The minimum Gasteiger partial charge on any atom is -0.373 e. The smallest absolute Gasteiger partial charge is 0.272 e. The standard InChI is InChI=1S/C16H25N3O/c1-16(2)10-8-12(9-11-16)19(4)15(20)13-6-5-7-14(17-3)18-13/h5-7,12H,8-11H2,1-4H3,(H,17,18). The third-order valence-corrected chi connectivity index (χ3v) is 4.40. The van der Waals surface area contributed by atoms with Crippen molar-refractivity contribution in [2.75, 3.05) is 19.4 Å². The van der Waals surface area contributed by atoms with Crippen LogP contribution in [0.1, 0.15) is 50.0 Å². The summed E-state index contributed by atoms with van der Waals surface area (Å²) in [6.45, 7) is 4.62. The average Bonchev–Trinajstić information content (AvgIpc) is 2.46. The number of aromatic nitrogens is 1. The summed E-state index contributed by atoms with van der Waals surface area (Å²) in [6, 6.07) is 5.85. The Bertz CT molecular complexity index is 474. The van der Waals surface area contributed by atoms with Gasteiger partial charge in [0.2, 0.25) is 0 Å². The molecule has 0 aromatic carbocycles. The summed E-state index contributed by atoms with van der Waals surface area (Å²) in [4.78, 5) is 18.7. The van der Waals surface area contributed by atoms with Crippen LogP contribution in [0.2, 0.25) is 0 Å². The largest absolute Gasteiger partial charge is 0.373 e. The Morgan fingerprint density at radius 3 is 2.60 bits per heavy atom. The van der Waals surface area contributed by atoms with Crippen molar-refractivity contribution in [1.29, 1.82) is 0 Å². The van der Waals surface area contributed by atoms with Crippen molar-refractivity contribution >= 4 is 11.7 Å². The number of nitrogens with zero attached hydrogens (tertiary/aromatic N) is 2. The Morgan fingerprint density at radius 2 is 2.00 bits per heavy atom. The highest BCUT2D eigenvalue weighted by molar-refractivity contribution is 5.92. The van der Waals surface area contributed by atoms with Crippen LogP contribution in [0.25, 0.3) is 0 Å². The maximum atomic E-state index is 12.5. The molecule has 1 aromatic rings. The van der Waals surface area contributed by atoms with Gasteiger partial charge in [-0.2, -0.15) is 0 Å². The van der Waals surface area contributed by atoms with E-state index in [1.54, 1.807) is 6.07 Å². The van der Waals surface area contributed by atoms with Crippen LogP contribution in [0, 0.1) is 5.41 Å². The second-order valence-electron chi connectivity index (χ2n) is 6.47. The topological polar surface area (TPSA) is 45.2 Å². The molecule has 2 rings (SSSR count). The van der Waals surface area contributed by atoms with E-state index in [9.17, 15) is 4.79 Å². The van der Waals surface area contributed by atoms with Crippen LogP contribution in [0.5, 0.6) is 0 Å². The van der Waals surface area contributed by atoms with E-state index in [4.69, 9.17) is 0 Å². The number of carbonyl (C=O) groups is 1. The predicted molar refractivity (Wildman–Crippen MR) is 81.9 cm³/mol. The minimum atomic E-state index is 0.0202. The average molecular weight is 275 g/mol. The third kappa shape index (κ3) is 3.30. The molecule has 1 saturated carbocycles. The van der Waals surface area contributed by atoms with E-state index < -0.39 is 0 Å². The molecule has 0 atom stereocenters. The van der Waals surface area contributed by atoms with Gasteiger partial charge in [0.15, 0.2) is 0 Å². The summed E-state index contributed by atoms with van der Waals surface area (Å²) < 4.78 is 0. The van der Waals surface area contributed by atoms with Crippen LogP contribution in [0.15, 0.2) is 18.2 Å². The Balaban J connectivity index is 2.05. The quantitative estimate of drug-likeness (QED) is 0.921. The number of nitrogens with one attached hydrogen (secondary N) is 1. The number of carbonyl (C=O) groups excluding carboxylic acids is 1. The summed E-state index contributed by atoms with van der Waals surface area (Å²) in [6.07, 6.45) is 4.53. The maximum Gasteiger partial charge on any atom is 0.272 e. The summed E-state index contributed by atoms with van der Waals surface area (Å²) in [5.41, 5.74) is 0.939. The molecule has 1 heterocycles. The molecule has 1 N–H and O–H groups in total. The lowest BCUT2D eigenvalue weighted by molar-refractivity contribution is 0.0630. The number of amides is 1. The van der Waals surface area contributed by atoms with Crippen molar-refractivity contribution in [3.63, 3.8) is 0 Å². The number of anilines is 1. The monoisotopic (exact) mass is 275 g/mol. The fourth-order valence-electron chi connectivity index (χ4n) is 2.81. The van der Waals surface area contributed by atoms with Crippen LogP contribution in [0.3, 0.4) is 0 Å². The van der Waals surface area contributed by atoms with E-state index in [2.05, 4.69) is 24.1 Å². The molecule has 4 nitrogen and oxygen atoms in total. The molecule has 0 spiro atoms. The van der Waals surface area contributed by atoms with Crippen molar-refractivity contribution in [1.82, 2.24) is 9.88 Å². The number of rotatable bonds is 3. The van der Waals surface area contributed by atoms with E-state index >= 15 is 0 Å². The van der Waals surface area contributed by atoms with E-state index in [1.165, 1.54) is 12.8 Å². The van der Waals surface area contributed by atoms with Gasteiger partial charge in [0, 0.05) is 20.1 Å². The van der Waals surface area contributed by atoms with Crippen LogP contribution in [-0.2, 0) is 0 Å². The van der Waals surface area contributed by atoms with Gasteiger partial charge < -0.3 is 10.2 Å². The number of pyridine rings is 1. The summed E-state index contributed by atoms with van der Waals surface area (Å²) in [5, 5.41) is 2.97. The zero-order chi connectivity index (χ0) is 14.8. The molecule has 1 aromatic heterocycles. The van der Waals surface area contributed by atoms with Gasteiger partial charge in [-0.15, -0.1) is 0 Å². The Labute approximate surface area is 121 Å². The first-order valence-electron chi connectivity index (χ1n) is 7.35. The van der Waals surface area contributed by atoms with Crippen LogP contribution in [0.4, 0.5) is 5.82 Å². The van der Waals surface area contributed by atoms with Crippen molar-refractivity contribution < 1.29 is 4.79 Å². The van der Waals surface area contributed by atoms with Gasteiger partial charge in [0.1, 0.15) is 11.5 Å². The number of hydrogen-bond donors (Lipinski definition) is 1. The van der Waals surface area contributed by atoms with Crippen molar-refractivity contribution in [3.8, 4) is 0 Å². The van der Waals surface area contributed by atoms with Gasteiger partial charge in [-0.05, 0) is 43.2 Å². The highest BCUT2D eigenvalue weighted by Crippen LogP contribution is 2.36. The highest BCUT2D eigenvalue weighted by atomic mass is 16.2. The van der Waals surface area contributed by atoms with E-state index in [0.717, 1.165) is 18.7 Å². The molecule has 0 unspecified atom stereocenters.